The zero-order chi connectivity index (χ0) is 16.7. The van der Waals surface area contributed by atoms with Crippen molar-refractivity contribution in [3.05, 3.63) is 24.7 Å². The first kappa shape index (κ1) is 15.0. The molecule has 3 aromatic heterocycles. The molecule has 3 aromatic rings. The number of hydrogen-bond acceptors (Lipinski definition) is 5. The zero-order valence-corrected chi connectivity index (χ0v) is 14.2. The number of H-pyrrole nitrogens is 1. The Morgan fingerprint density at radius 2 is 2.08 bits per heavy atom. The molecule has 0 spiro atoms. The van der Waals surface area contributed by atoms with Crippen LogP contribution in [-0.4, -0.2) is 30.8 Å². The summed E-state index contributed by atoms with van der Waals surface area (Å²) in [4.78, 5) is 12.4. The maximum absolute atomic E-state index is 4.68. The second-order valence-electron chi connectivity index (χ2n) is 6.83. The van der Waals surface area contributed by atoms with Crippen molar-refractivity contribution in [3.63, 3.8) is 0 Å². The third kappa shape index (κ3) is 2.93. The van der Waals surface area contributed by atoms with Gasteiger partial charge in [-0.2, -0.15) is 15.1 Å². The minimum atomic E-state index is 0.323. The molecular weight excluding hydrogens is 302 g/mol. The molecule has 0 amide bonds. The summed E-state index contributed by atoms with van der Waals surface area (Å²) in [5, 5.41) is 12.2. The molecule has 3 N–H and O–H groups in total. The van der Waals surface area contributed by atoms with Gasteiger partial charge in [-0.25, -0.2) is 0 Å². The minimum Gasteiger partial charge on any atom is -0.367 e. The van der Waals surface area contributed by atoms with Crippen molar-refractivity contribution in [2.24, 2.45) is 5.92 Å². The van der Waals surface area contributed by atoms with E-state index >= 15 is 0 Å². The summed E-state index contributed by atoms with van der Waals surface area (Å²) in [5.41, 5.74) is 1.71. The highest BCUT2D eigenvalue weighted by molar-refractivity contribution is 5.88. The van der Waals surface area contributed by atoms with Crippen molar-refractivity contribution in [2.45, 2.75) is 45.7 Å². The van der Waals surface area contributed by atoms with E-state index in [0.29, 0.717) is 18.0 Å². The minimum absolute atomic E-state index is 0.323. The summed E-state index contributed by atoms with van der Waals surface area (Å²) < 4.78 is 1.91. The maximum Gasteiger partial charge on any atom is 0.231 e. The molecule has 1 aliphatic rings. The van der Waals surface area contributed by atoms with Crippen LogP contribution in [0.1, 0.15) is 39.7 Å². The van der Waals surface area contributed by atoms with E-state index in [1.807, 2.05) is 23.1 Å². The Labute approximate surface area is 140 Å². The predicted octanol–water partition coefficient (Wildman–Crippen LogP) is 3.69. The number of hydrogen-bond donors (Lipinski definition) is 3. The van der Waals surface area contributed by atoms with Crippen molar-refractivity contribution in [1.82, 2.24) is 24.7 Å². The van der Waals surface area contributed by atoms with Gasteiger partial charge in [0.15, 0.2) is 0 Å². The van der Waals surface area contributed by atoms with E-state index in [2.05, 4.69) is 51.5 Å². The van der Waals surface area contributed by atoms with Gasteiger partial charge in [-0.15, -0.1) is 0 Å². The fourth-order valence-electron chi connectivity index (χ4n) is 2.85. The number of fused-ring (bicyclic) bond motifs is 1. The zero-order valence-electron chi connectivity index (χ0n) is 14.2. The summed E-state index contributed by atoms with van der Waals surface area (Å²) in [6, 6.07) is 2.76. The van der Waals surface area contributed by atoms with Gasteiger partial charge in [-0.1, -0.05) is 0 Å². The molecule has 0 aromatic carbocycles. The molecule has 1 aliphatic carbocycles. The van der Waals surface area contributed by atoms with Gasteiger partial charge >= 0.3 is 0 Å². The molecule has 4 rings (SSSR count). The SMILES string of the molecule is CC(C)n1cc(Nc2nc(N[C@@H](C)C3CC3)c3cc[nH]c3n2)cn1. The average Bonchev–Trinajstić information content (AvgIpc) is 3.10. The van der Waals surface area contributed by atoms with E-state index in [1.54, 1.807) is 6.20 Å². The molecule has 1 atom stereocenters. The Bertz CT molecular complexity index is 844. The average molecular weight is 325 g/mol. The smallest absolute Gasteiger partial charge is 0.231 e. The Morgan fingerprint density at radius 1 is 1.25 bits per heavy atom. The van der Waals surface area contributed by atoms with E-state index < -0.39 is 0 Å². The molecule has 0 radical (unpaired) electrons. The molecule has 1 saturated carbocycles. The molecule has 1 fully saturated rings. The van der Waals surface area contributed by atoms with E-state index in [1.165, 1.54) is 12.8 Å². The number of nitrogens with zero attached hydrogens (tertiary/aromatic N) is 4. The van der Waals surface area contributed by atoms with Crippen molar-refractivity contribution in [3.8, 4) is 0 Å². The van der Waals surface area contributed by atoms with E-state index in [4.69, 9.17) is 0 Å². The first-order valence-corrected chi connectivity index (χ1v) is 8.53. The predicted molar refractivity (Wildman–Crippen MR) is 95.6 cm³/mol. The van der Waals surface area contributed by atoms with Crippen LogP contribution in [0.3, 0.4) is 0 Å². The van der Waals surface area contributed by atoms with Gasteiger partial charge in [0.1, 0.15) is 11.5 Å². The van der Waals surface area contributed by atoms with Gasteiger partial charge in [0.2, 0.25) is 5.95 Å². The van der Waals surface area contributed by atoms with E-state index in [9.17, 15) is 0 Å². The molecule has 0 bridgehead atoms. The summed E-state index contributed by atoms with van der Waals surface area (Å²) >= 11 is 0. The number of rotatable bonds is 6. The third-order valence-corrected chi connectivity index (χ3v) is 4.50. The van der Waals surface area contributed by atoms with Crippen molar-refractivity contribution in [1.29, 1.82) is 0 Å². The fraction of sp³-hybridized carbons (Fsp3) is 0.471. The molecule has 0 saturated heterocycles. The highest BCUT2D eigenvalue weighted by atomic mass is 15.3. The Balaban J connectivity index is 1.62. The van der Waals surface area contributed by atoms with Gasteiger partial charge in [0.05, 0.1) is 17.3 Å². The standard InChI is InChI=1S/C17H23N7/c1-10(2)24-9-13(8-19-24)21-17-22-15-14(6-7-18-15)16(23-17)20-11(3)12-4-5-12/h6-12H,4-5H2,1-3H3,(H3,18,20,21,22,23)/t11-/m0/s1. The Kier molecular flexibility index (Phi) is 3.63. The van der Waals surface area contributed by atoms with Gasteiger partial charge in [0, 0.05) is 24.5 Å². The monoisotopic (exact) mass is 325 g/mol. The summed E-state index contributed by atoms with van der Waals surface area (Å²) in [6.07, 6.45) is 8.26. The second-order valence-corrected chi connectivity index (χ2v) is 6.83. The van der Waals surface area contributed by atoms with Crippen molar-refractivity contribution < 1.29 is 0 Å². The summed E-state index contributed by atoms with van der Waals surface area (Å²) in [6.45, 7) is 6.41. The molecule has 0 aliphatic heterocycles. The third-order valence-electron chi connectivity index (χ3n) is 4.50. The number of aromatic amines is 1. The Hall–Kier alpha value is -2.57. The van der Waals surface area contributed by atoms with Crippen LogP contribution < -0.4 is 10.6 Å². The van der Waals surface area contributed by atoms with Crippen LogP contribution in [0.4, 0.5) is 17.5 Å². The summed E-state index contributed by atoms with van der Waals surface area (Å²) in [5.74, 6) is 2.20. The molecule has 126 valence electrons. The number of nitrogens with one attached hydrogen (secondary N) is 3. The quantitative estimate of drug-likeness (QED) is 0.644. The van der Waals surface area contributed by atoms with Crippen LogP contribution in [0.2, 0.25) is 0 Å². The second kappa shape index (κ2) is 5.81. The molecule has 7 heteroatoms. The lowest BCUT2D eigenvalue weighted by Gasteiger charge is -2.15. The topological polar surface area (TPSA) is 83.5 Å². The van der Waals surface area contributed by atoms with Crippen LogP contribution in [0.15, 0.2) is 24.7 Å². The first-order chi connectivity index (χ1) is 11.6. The molecule has 24 heavy (non-hydrogen) atoms. The molecule has 7 nitrogen and oxygen atoms in total. The Morgan fingerprint density at radius 3 is 2.79 bits per heavy atom. The highest BCUT2D eigenvalue weighted by Gasteiger charge is 2.28. The normalized spacial score (nSPS) is 15.8. The van der Waals surface area contributed by atoms with Crippen LogP contribution in [0.25, 0.3) is 11.0 Å². The molecule has 3 heterocycles. The summed E-state index contributed by atoms with van der Waals surface area (Å²) in [7, 11) is 0. The highest BCUT2D eigenvalue weighted by Crippen LogP contribution is 2.34. The lowest BCUT2D eigenvalue weighted by molar-refractivity contribution is 0.532. The van der Waals surface area contributed by atoms with Crippen LogP contribution in [-0.2, 0) is 0 Å². The van der Waals surface area contributed by atoms with E-state index in [0.717, 1.165) is 28.5 Å². The van der Waals surface area contributed by atoms with Gasteiger partial charge in [-0.3, -0.25) is 4.68 Å². The number of anilines is 3. The van der Waals surface area contributed by atoms with Gasteiger partial charge in [0.25, 0.3) is 0 Å². The van der Waals surface area contributed by atoms with Crippen molar-refractivity contribution >= 4 is 28.5 Å². The molecule has 0 unspecified atom stereocenters. The van der Waals surface area contributed by atoms with Crippen LogP contribution in [0, 0.1) is 5.92 Å². The van der Waals surface area contributed by atoms with Crippen LogP contribution >= 0.6 is 0 Å². The molecular formula is C17H23N7. The lowest BCUT2D eigenvalue weighted by Crippen LogP contribution is -2.18. The van der Waals surface area contributed by atoms with Gasteiger partial charge < -0.3 is 15.6 Å². The number of aromatic nitrogens is 5. The van der Waals surface area contributed by atoms with Gasteiger partial charge in [-0.05, 0) is 45.6 Å². The largest absolute Gasteiger partial charge is 0.367 e. The first-order valence-electron chi connectivity index (χ1n) is 8.53. The van der Waals surface area contributed by atoms with Crippen molar-refractivity contribution in [2.75, 3.05) is 10.6 Å². The fourth-order valence-corrected chi connectivity index (χ4v) is 2.85. The lowest BCUT2D eigenvalue weighted by atomic mass is 10.2. The van der Waals surface area contributed by atoms with Crippen LogP contribution in [0.5, 0.6) is 0 Å². The maximum atomic E-state index is 4.68. The van der Waals surface area contributed by atoms with E-state index in [-0.39, 0.29) is 0 Å².